The first kappa shape index (κ1) is 11.4. The van der Waals surface area contributed by atoms with Crippen LogP contribution in [-0.2, 0) is 0 Å². The molecule has 5 heteroatoms. The molecule has 1 aromatic rings. The van der Waals surface area contributed by atoms with Crippen molar-refractivity contribution in [1.29, 1.82) is 0 Å². The molecule has 0 atom stereocenters. The number of hydrogen-bond acceptors (Lipinski definition) is 1. The van der Waals surface area contributed by atoms with Gasteiger partial charge in [-0.3, -0.25) is 0 Å². The van der Waals surface area contributed by atoms with Crippen LogP contribution in [0.5, 0.6) is 0 Å². The Morgan fingerprint density at radius 3 is 2.40 bits per heavy atom. The number of carbonyl (C=O) groups excluding carboxylic acids is 1. The van der Waals surface area contributed by atoms with Gasteiger partial charge >= 0.3 is 6.03 Å². The smallest absolute Gasteiger partial charge is 0.321 e. The van der Waals surface area contributed by atoms with Crippen molar-refractivity contribution in [3.63, 3.8) is 0 Å². The topological polar surface area (TPSA) is 32.3 Å². The van der Waals surface area contributed by atoms with Gasteiger partial charge in [0, 0.05) is 20.2 Å². The molecule has 15 heavy (non-hydrogen) atoms. The Morgan fingerprint density at radius 2 is 1.93 bits per heavy atom. The zero-order valence-electron chi connectivity index (χ0n) is 8.77. The summed E-state index contributed by atoms with van der Waals surface area (Å²) in [4.78, 5) is 12.5. The molecule has 0 heterocycles. The average molecular weight is 214 g/mol. The van der Waals surface area contributed by atoms with Gasteiger partial charge in [-0.25, -0.2) is 13.6 Å². The molecule has 0 spiro atoms. The normalized spacial score (nSPS) is 9.93. The molecule has 1 N–H and O–H groups in total. The molecular weight excluding hydrogens is 202 g/mol. The fourth-order valence-electron chi connectivity index (χ4n) is 1.08. The average Bonchev–Trinajstić information content (AvgIpc) is 2.10. The highest BCUT2D eigenvalue weighted by Gasteiger charge is 2.12. The van der Waals surface area contributed by atoms with Crippen LogP contribution >= 0.6 is 0 Å². The molecule has 82 valence electrons. The number of benzene rings is 1. The van der Waals surface area contributed by atoms with Crippen molar-refractivity contribution >= 4 is 11.7 Å². The van der Waals surface area contributed by atoms with Crippen molar-refractivity contribution in [1.82, 2.24) is 4.90 Å². The third-order valence-electron chi connectivity index (χ3n) is 1.89. The Balaban J connectivity index is 3.00. The van der Waals surface area contributed by atoms with E-state index in [2.05, 4.69) is 5.32 Å². The van der Waals surface area contributed by atoms with E-state index in [1.54, 1.807) is 0 Å². The number of hydrogen-bond donors (Lipinski definition) is 1. The van der Waals surface area contributed by atoms with Crippen LogP contribution in [0.4, 0.5) is 19.3 Å². The van der Waals surface area contributed by atoms with Gasteiger partial charge in [0.25, 0.3) is 0 Å². The van der Waals surface area contributed by atoms with E-state index in [-0.39, 0.29) is 5.69 Å². The Labute approximate surface area is 86.7 Å². The minimum atomic E-state index is -0.775. The van der Waals surface area contributed by atoms with Crippen LogP contribution in [0.15, 0.2) is 12.1 Å². The van der Waals surface area contributed by atoms with E-state index in [1.807, 2.05) is 0 Å². The lowest BCUT2D eigenvalue weighted by molar-refractivity contribution is 0.230. The van der Waals surface area contributed by atoms with Crippen molar-refractivity contribution in [3.05, 3.63) is 29.3 Å². The lowest BCUT2D eigenvalue weighted by Gasteiger charge is -2.14. The van der Waals surface area contributed by atoms with Crippen molar-refractivity contribution in [2.45, 2.75) is 6.92 Å². The van der Waals surface area contributed by atoms with Crippen LogP contribution in [0.25, 0.3) is 0 Å². The fraction of sp³-hybridized carbons (Fsp3) is 0.300. The number of amides is 2. The van der Waals surface area contributed by atoms with Crippen molar-refractivity contribution in [2.24, 2.45) is 0 Å². The predicted octanol–water partition coefficient (Wildman–Crippen LogP) is 2.37. The summed E-state index contributed by atoms with van der Waals surface area (Å²) in [6.07, 6.45) is 0. The first-order valence-electron chi connectivity index (χ1n) is 4.35. The van der Waals surface area contributed by atoms with Gasteiger partial charge in [-0.05, 0) is 18.6 Å². The van der Waals surface area contributed by atoms with Gasteiger partial charge in [0.15, 0.2) is 0 Å². The number of nitrogens with one attached hydrogen (secondary N) is 1. The second kappa shape index (κ2) is 4.25. The highest BCUT2D eigenvalue weighted by Crippen LogP contribution is 2.20. The second-order valence-electron chi connectivity index (χ2n) is 3.40. The van der Waals surface area contributed by atoms with Gasteiger partial charge < -0.3 is 10.2 Å². The first-order valence-corrected chi connectivity index (χ1v) is 4.35. The molecule has 0 radical (unpaired) electrons. The molecule has 3 nitrogen and oxygen atoms in total. The van der Waals surface area contributed by atoms with Crippen LogP contribution < -0.4 is 5.32 Å². The standard InChI is InChI=1S/C10H12F2N2O/c1-6-4-7(11)5-8(12)9(6)13-10(15)14(2)3/h4-5H,1-3H3,(H,13,15). The number of aryl methyl sites for hydroxylation is 1. The third kappa shape index (κ3) is 2.65. The van der Waals surface area contributed by atoms with E-state index in [4.69, 9.17) is 0 Å². The summed E-state index contributed by atoms with van der Waals surface area (Å²) in [5.74, 6) is -1.43. The van der Waals surface area contributed by atoms with Crippen molar-refractivity contribution in [2.75, 3.05) is 19.4 Å². The summed E-state index contributed by atoms with van der Waals surface area (Å²) in [6, 6.07) is 1.44. The third-order valence-corrected chi connectivity index (χ3v) is 1.89. The maximum Gasteiger partial charge on any atom is 0.321 e. The monoisotopic (exact) mass is 214 g/mol. The number of halogens is 2. The molecule has 0 saturated carbocycles. The Bertz CT molecular complexity index is 368. The summed E-state index contributed by atoms with van der Waals surface area (Å²) in [7, 11) is 3.07. The summed E-state index contributed by atoms with van der Waals surface area (Å²) < 4.78 is 26.0. The van der Waals surface area contributed by atoms with Gasteiger partial charge in [0.05, 0.1) is 5.69 Å². The second-order valence-corrected chi connectivity index (χ2v) is 3.40. The summed E-state index contributed by atoms with van der Waals surface area (Å²) in [5.41, 5.74) is 0.359. The van der Waals surface area contributed by atoms with Gasteiger partial charge in [0.1, 0.15) is 11.6 Å². The highest BCUT2D eigenvalue weighted by molar-refractivity contribution is 5.89. The Hall–Kier alpha value is -1.65. The van der Waals surface area contributed by atoms with Crippen molar-refractivity contribution < 1.29 is 13.6 Å². The molecule has 1 rings (SSSR count). The maximum atomic E-state index is 13.3. The molecule has 0 saturated heterocycles. The first-order chi connectivity index (χ1) is 6.91. The van der Waals surface area contributed by atoms with Gasteiger partial charge in [-0.2, -0.15) is 0 Å². The highest BCUT2D eigenvalue weighted by atomic mass is 19.1. The number of nitrogens with zero attached hydrogens (tertiary/aromatic N) is 1. The van der Waals surface area contributed by atoms with Crippen LogP contribution in [0.2, 0.25) is 0 Å². The van der Waals surface area contributed by atoms with Crippen LogP contribution in [0, 0.1) is 18.6 Å². The molecule has 0 unspecified atom stereocenters. The zero-order valence-corrected chi connectivity index (χ0v) is 8.77. The SMILES string of the molecule is Cc1cc(F)cc(F)c1NC(=O)N(C)C. The lowest BCUT2D eigenvalue weighted by atomic mass is 10.2. The molecule has 2 amide bonds. The Morgan fingerprint density at radius 1 is 1.33 bits per heavy atom. The van der Waals surface area contributed by atoms with E-state index in [1.165, 1.54) is 25.9 Å². The van der Waals surface area contributed by atoms with Gasteiger partial charge in [0.2, 0.25) is 0 Å². The largest absolute Gasteiger partial charge is 0.331 e. The van der Waals surface area contributed by atoms with Crippen molar-refractivity contribution in [3.8, 4) is 0 Å². The predicted molar refractivity (Wildman–Crippen MR) is 53.8 cm³/mol. The minimum absolute atomic E-state index is 0.00935. The van der Waals surface area contributed by atoms with E-state index in [0.717, 1.165) is 12.1 Å². The summed E-state index contributed by atoms with van der Waals surface area (Å²) >= 11 is 0. The minimum Gasteiger partial charge on any atom is -0.331 e. The number of carbonyl (C=O) groups is 1. The summed E-state index contributed by atoms with van der Waals surface area (Å²) in [6.45, 7) is 1.53. The van der Waals surface area contributed by atoms with Crippen LogP contribution in [0.3, 0.4) is 0 Å². The molecule has 0 aliphatic carbocycles. The molecular formula is C10H12F2N2O. The van der Waals surface area contributed by atoms with Crippen LogP contribution in [0.1, 0.15) is 5.56 Å². The van der Waals surface area contributed by atoms with Gasteiger partial charge in [-0.15, -0.1) is 0 Å². The molecule has 0 aliphatic heterocycles. The van der Waals surface area contributed by atoms with E-state index >= 15 is 0 Å². The molecule has 0 fully saturated rings. The summed E-state index contributed by atoms with van der Waals surface area (Å²) in [5, 5.41) is 2.35. The number of anilines is 1. The van der Waals surface area contributed by atoms with Gasteiger partial charge in [-0.1, -0.05) is 0 Å². The molecule has 0 aliphatic rings. The number of urea groups is 1. The zero-order chi connectivity index (χ0) is 11.6. The van der Waals surface area contributed by atoms with E-state index < -0.39 is 17.7 Å². The molecule has 0 aromatic heterocycles. The Kier molecular flexibility index (Phi) is 3.24. The maximum absolute atomic E-state index is 13.3. The number of rotatable bonds is 1. The lowest BCUT2D eigenvalue weighted by Crippen LogP contribution is -2.28. The van der Waals surface area contributed by atoms with E-state index in [9.17, 15) is 13.6 Å². The quantitative estimate of drug-likeness (QED) is 0.764. The fourth-order valence-corrected chi connectivity index (χ4v) is 1.08. The molecule has 1 aromatic carbocycles. The molecule has 0 bridgehead atoms. The van der Waals surface area contributed by atoms with E-state index in [0.29, 0.717) is 5.56 Å². The van der Waals surface area contributed by atoms with Crippen LogP contribution in [-0.4, -0.2) is 25.0 Å².